The Hall–Kier alpha value is -1.71. The quantitative estimate of drug-likeness (QED) is 0.463. The van der Waals surface area contributed by atoms with Crippen LogP contribution in [-0.4, -0.2) is 17.7 Å². The van der Waals surface area contributed by atoms with Crippen LogP contribution in [-0.2, 0) is 4.74 Å². The van der Waals surface area contributed by atoms with Gasteiger partial charge in [-0.25, -0.2) is 4.79 Å². The van der Waals surface area contributed by atoms with Crippen LogP contribution in [0, 0.1) is 5.92 Å². The monoisotopic (exact) mass is 221 g/mol. The fraction of sp³-hybridized carbons (Fsp3) is 0.417. The Kier molecular flexibility index (Phi) is 2.99. The zero-order valence-corrected chi connectivity index (χ0v) is 8.98. The van der Waals surface area contributed by atoms with Gasteiger partial charge in [-0.3, -0.25) is 0 Å². The number of rotatable bonds is 4. The zero-order chi connectivity index (χ0) is 11.5. The molecule has 0 bridgehead atoms. The van der Waals surface area contributed by atoms with Crippen LogP contribution in [0.4, 0.5) is 5.69 Å². The average molecular weight is 221 g/mol. The highest BCUT2D eigenvalue weighted by atomic mass is 16.5. The summed E-state index contributed by atoms with van der Waals surface area (Å²) in [7, 11) is 0. The van der Waals surface area contributed by atoms with Crippen molar-refractivity contribution in [3.8, 4) is 5.75 Å². The number of nitrogens with two attached hydrogens (primary N) is 1. The van der Waals surface area contributed by atoms with E-state index >= 15 is 0 Å². The van der Waals surface area contributed by atoms with Crippen molar-refractivity contribution < 1.29 is 14.6 Å². The number of phenolic OH excluding ortho intramolecular Hbond substituents is 1. The third kappa shape index (κ3) is 2.45. The molecule has 0 amide bonds. The van der Waals surface area contributed by atoms with E-state index < -0.39 is 5.97 Å². The molecule has 0 spiro atoms. The molecule has 1 aromatic carbocycles. The third-order valence-corrected chi connectivity index (χ3v) is 2.74. The van der Waals surface area contributed by atoms with Crippen LogP contribution in [0.5, 0.6) is 5.75 Å². The predicted octanol–water partition coefficient (Wildman–Crippen LogP) is 1.93. The van der Waals surface area contributed by atoms with Gasteiger partial charge < -0.3 is 15.6 Å². The molecule has 1 aliphatic carbocycles. The Balaban J connectivity index is 1.93. The molecule has 0 heterocycles. The van der Waals surface area contributed by atoms with Gasteiger partial charge in [0.25, 0.3) is 0 Å². The van der Waals surface area contributed by atoms with Crippen LogP contribution in [0.3, 0.4) is 0 Å². The molecule has 2 rings (SSSR count). The van der Waals surface area contributed by atoms with Crippen LogP contribution < -0.4 is 5.73 Å². The normalized spacial score (nSPS) is 14.8. The Labute approximate surface area is 94.0 Å². The van der Waals surface area contributed by atoms with Gasteiger partial charge in [-0.15, -0.1) is 0 Å². The summed E-state index contributed by atoms with van der Waals surface area (Å²) in [6.07, 6.45) is 3.39. The van der Waals surface area contributed by atoms with Crippen molar-refractivity contribution in [1.29, 1.82) is 0 Å². The number of benzene rings is 1. The number of nitrogen functional groups attached to an aromatic ring is 1. The van der Waals surface area contributed by atoms with Crippen LogP contribution >= 0.6 is 0 Å². The summed E-state index contributed by atoms with van der Waals surface area (Å²) in [5, 5.41) is 9.56. The van der Waals surface area contributed by atoms with Crippen molar-refractivity contribution in [3.63, 3.8) is 0 Å². The van der Waals surface area contributed by atoms with Gasteiger partial charge in [-0.05, 0) is 24.5 Å². The molecule has 0 atom stereocenters. The molecule has 0 unspecified atom stereocenters. The first-order chi connectivity index (χ1) is 7.68. The van der Waals surface area contributed by atoms with E-state index in [-0.39, 0.29) is 17.0 Å². The second kappa shape index (κ2) is 4.43. The van der Waals surface area contributed by atoms with E-state index in [1.807, 2.05) is 0 Å². The Morgan fingerprint density at radius 3 is 2.94 bits per heavy atom. The minimum absolute atomic E-state index is 0.135. The molecule has 4 nitrogen and oxygen atoms in total. The van der Waals surface area contributed by atoms with E-state index in [1.54, 1.807) is 6.07 Å². The minimum Gasteiger partial charge on any atom is -0.505 e. The van der Waals surface area contributed by atoms with Crippen molar-refractivity contribution in [3.05, 3.63) is 23.8 Å². The molecule has 3 N–H and O–H groups in total. The van der Waals surface area contributed by atoms with Gasteiger partial charge >= 0.3 is 5.97 Å². The maximum absolute atomic E-state index is 11.6. The second-order valence-corrected chi connectivity index (χ2v) is 4.11. The van der Waals surface area contributed by atoms with Gasteiger partial charge in [0.2, 0.25) is 0 Å². The van der Waals surface area contributed by atoms with Crippen molar-refractivity contribution in [1.82, 2.24) is 0 Å². The van der Waals surface area contributed by atoms with Crippen LogP contribution in [0.1, 0.15) is 29.6 Å². The van der Waals surface area contributed by atoms with E-state index in [0.29, 0.717) is 6.61 Å². The van der Waals surface area contributed by atoms with Gasteiger partial charge in [0.15, 0.2) is 5.75 Å². The number of aromatic hydroxyl groups is 1. The van der Waals surface area contributed by atoms with Crippen LogP contribution in [0.2, 0.25) is 0 Å². The molecule has 0 radical (unpaired) electrons. The maximum Gasteiger partial charge on any atom is 0.341 e. The molecule has 86 valence electrons. The number of carbonyl (C=O) groups is 1. The SMILES string of the molecule is Nc1cccc(C(=O)OCCC2CC2)c1O. The van der Waals surface area contributed by atoms with E-state index in [1.165, 1.54) is 25.0 Å². The summed E-state index contributed by atoms with van der Waals surface area (Å²) >= 11 is 0. The number of esters is 1. The molecular formula is C12H15NO3. The van der Waals surface area contributed by atoms with Crippen molar-refractivity contribution >= 4 is 11.7 Å². The summed E-state index contributed by atoms with van der Waals surface area (Å²) in [6, 6.07) is 4.66. The predicted molar refractivity (Wildman–Crippen MR) is 60.1 cm³/mol. The van der Waals surface area contributed by atoms with Crippen LogP contribution in [0.25, 0.3) is 0 Å². The smallest absolute Gasteiger partial charge is 0.341 e. The van der Waals surface area contributed by atoms with Gasteiger partial charge in [-0.2, -0.15) is 0 Å². The maximum atomic E-state index is 11.6. The number of hydrogen-bond acceptors (Lipinski definition) is 4. The molecule has 16 heavy (non-hydrogen) atoms. The molecule has 1 fully saturated rings. The first kappa shape index (κ1) is 10.8. The van der Waals surface area contributed by atoms with Gasteiger partial charge in [0, 0.05) is 0 Å². The first-order valence-electron chi connectivity index (χ1n) is 5.43. The van der Waals surface area contributed by atoms with Crippen molar-refractivity contribution in [2.75, 3.05) is 12.3 Å². The number of anilines is 1. The lowest BCUT2D eigenvalue weighted by molar-refractivity contribution is 0.0492. The van der Waals surface area contributed by atoms with E-state index in [9.17, 15) is 9.90 Å². The van der Waals surface area contributed by atoms with Crippen molar-refractivity contribution in [2.45, 2.75) is 19.3 Å². The molecule has 4 heteroatoms. The van der Waals surface area contributed by atoms with Crippen LogP contribution in [0.15, 0.2) is 18.2 Å². The number of ether oxygens (including phenoxy) is 1. The van der Waals surface area contributed by atoms with Gasteiger partial charge in [0.05, 0.1) is 12.3 Å². The first-order valence-corrected chi connectivity index (χ1v) is 5.43. The van der Waals surface area contributed by atoms with Gasteiger partial charge in [0.1, 0.15) is 5.56 Å². The van der Waals surface area contributed by atoms with Gasteiger partial charge in [-0.1, -0.05) is 18.9 Å². The lowest BCUT2D eigenvalue weighted by Gasteiger charge is -2.07. The molecule has 1 saturated carbocycles. The van der Waals surface area contributed by atoms with E-state index in [2.05, 4.69) is 0 Å². The van der Waals surface area contributed by atoms with E-state index in [0.717, 1.165) is 12.3 Å². The number of carbonyl (C=O) groups excluding carboxylic acids is 1. The Bertz CT molecular complexity index is 399. The standard InChI is InChI=1S/C12H15NO3/c13-10-3-1-2-9(11(10)14)12(15)16-7-6-8-4-5-8/h1-3,8,14H,4-7,13H2. The number of hydrogen-bond donors (Lipinski definition) is 2. The highest BCUT2D eigenvalue weighted by molar-refractivity contribution is 5.94. The Morgan fingerprint density at radius 1 is 1.50 bits per heavy atom. The number of phenols is 1. The highest BCUT2D eigenvalue weighted by Gasteiger charge is 2.22. The molecule has 0 aliphatic heterocycles. The fourth-order valence-corrected chi connectivity index (χ4v) is 1.53. The lowest BCUT2D eigenvalue weighted by Crippen LogP contribution is -2.07. The van der Waals surface area contributed by atoms with E-state index in [4.69, 9.17) is 10.5 Å². The fourth-order valence-electron chi connectivity index (χ4n) is 1.53. The third-order valence-electron chi connectivity index (χ3n) is 2.74. The summed E-state index contributed by atoms with van der Waals surface area (Å²) in [5.74, 6) is 0.0200. The topological polar surface area (TPSA) is 72.6 Å². The highest BCUT2D eigenvalue weighted by Crippen LogP contribution is 2.32. The molecule has 1 aliphatic rings. The molecule has 0 aromatic heterocycles. The Morgan fingerprint density at radius 2 is 2.25 bits per heavy atom. The summed E-state index contributed by atoms with van der Waals surface area (Å²) in [5.41, 5.74) is 5.81. The summed E-state index contributed by atoms with van der Waals surface area (Å²) in [4.78, 5) is 11.6. The van der Waals surface area contributed by atoms with Crippen molar-refractivity contribution in [2.24, 2.45) is 5.92 Å². The zero-order valence-electron chi connectivity index (χ0n) is 8.98. The minimum atomic E-state index is -0.509. The second-order valence-electron chi connectivity index (χ2n) is 4.11. The summed E-state index contributed by atoms with van der Waals surface area (Å²) in [6.45, 7) is 0.414. The number of para-hydroxylation sites is 1. The largest absolute Gasteiger partial charge is 0.505 e. The molecule has 1 aromatic rings. The molecule has 0 saturated heterocycles. The lowest BCUT2D eigenvalue weighted by atomic mass is 10.2. The summed E-state index contributed by atoms with van der Waals surface area (Å²) < 4.78 is 5.06. The average Bonchev–Trinajstić information content (AvgIpc) is 3.06. The molecular weight excluding hydrogens is 206 g/mol.